The first-order valence-corrected chi connectivity index (χ1v) is 11.9. The van der Waals surface area contributed by atoms with Crippen molar-refractivity contribution in [2.75, 3.05) is 44.6 Å². The van der Waals surface area contributed by atoms with E-state index < -0.39 is 24.1 Å². The van der Waals surface area contributed by atoms with Crippen molar-refractivity contribution in [2.45, 2.75) is 19.8 Å². The van der Waals surface area contributed by atoms with E-state index in [0.717, 1.165) is 17.7 Å². The maximum Gasteiger partial charge on any atom is 0.301 e. The highest BCUT2D eigenvalue weighted by molar-refractivity contribution is 6.05. The number of benzene rings is 2. The van der Waals surface area contributed by atoms with Gasteiger partial charge in [-0.25, -0.2) is 24.3 Å². The normalized spacial score (nSPS) is 11.7. The maximum absolute atomic E-state index is 13.8. The number of aromatic nitrogens is 2. The standard InChI is InChI=1S/C27H30F3N7O2/c1-17-9-10-19(25(38)34-21-8-6-7-20(14-21)27(29,30)15-28)13-22(17)35-24-23(18(2)32-16-33-24)36-26(31-3)37(4)11-12-39-5/h6-10,13-14,16H,3,11-12,15H2,1-2,4-5H3,(H,34,38)(H,32,33,35)/b36-26+. The molecule has 0 bridgehead atoms. The molecule has 3 rings (SSSR count). The number of hydrogen-bond donors (Lipinski definition) is 2. The third-order valence-corrected chi connectivity index (χ3v) is 5.79. The number of anilines is 3. The summed E-state index contributed by atoms with van der Waals surface area (Å²) in [6.45, 7) is 6.40. The highest BCUT2D eigenvalue weighted by atomic mass is 19.3. The van der Waals surface area contributed by atoms with Crippen LogP contribution in [-0.4, -0.2) is 67.4 Å². The number of carbonyl (C=O) groups excluding carboxylic acids is 1. The zero-order chi connectivity index (χ0) is 28.6. The second kappa shape index (κ2) is 13.0. The van der Waals surface area contributed by atoms with Crippen molar-refractivity contribution in [1.29, 1.82) is 0 Å². The Hall–Kier alpha value is -4.32. The monoisotopic (exact) mass is 541 g/mol. The van der Waals surface area contributed by atoms with Gasteiger partial charge in [0, 0.05) is 43.2 Å². The Balaban J connectivity index is 1.89. The average molecular weight is 542 g/mol. The number of rotatable bonds is 10. The fraction of sp³-hybridized carbons (Fsp3) is 0.296. The molecule has 9 nitrogen and oxygen atoms in total. The number of halogens is 3. The maximum atomic E-state index is 13.8. The van der Waals surface area contributed by atoms with Crippen LogP contribution >= 0.6 is 0 Å². The smallest absolute Gasteiger partial charge is 0.301 e. The number of aryl methyl sites for hydroxylation is 2. The molecule has 0 spiro atoms. The summed E-state index contributed by atoms with van der Waals surface area (Å²) >= 11 is 0. The number of carbonyl (C=O) groups is 1. The SMILES string of the molecule is C=N/C(=N\c1c(C)ncnc1Nc1cc(C(=O)Nc2cccc(C(F)(F)CF)c2)ccc1C)N(C)CCOC. The molecule has 0 aliphatic heterocycles. The molecule has 0 fully saturated rings. The van der Waals surface area contributed by atoms with Crippen LogP contribution in [0.4, 0.5) is 36.1 Å². The largest absolute Gasteiger partial charge is 0.383 e. The Morgan fingerprint density at radius 2 is 1.95 bits per heavy atom. The Bertz CT molecular complexity index is 1360. The second-order valence-electron chi connectivity index (χ2n) is 8.67. The van der Waals surface area contributed by atoms with E-state index in [-0.39, 0.29) is 11.3 Å². The van der Waals surface area contributed by atoms with Crippen LogP contribution in [0.5, 0.6) is 0 Å². The van der Waals surface area contributed by atoms with Gasteiger partial charge >= 0.3 is 5.92 Å². The molecular weight excluding hydrogens is 511 g/mol. The summed E-state index contributed by atoms with van der Waals surface area (Å²) in [7, 11) is 3.40. The van der Waals surface area contributed by atoms with Crippen molar-refractivity contribution in [1.82, 2.24) is 14.9 Å². The van der Waals surface area contributed by atoms with E-state index in [1.165, 1.54) is 18.5 Å². The first-order chi connectivity index (χ1) is 18.6. The third kappa shape index (κ3) is 7.38. The lowest BCUT2D eigenvalue weighted by molar-refractivity contribution is -0.0280. The minimum absolute atomic E-state index is 0.116. The van der Waals surface area contributed by atoms with Gasteiger partial charge < -0.3 is 20.3 Å². The number of likely N-dealkylation sites (N-methyl/N-ethyl adjacent to an activating group) is 1. The number of aliphatic imine (C=N–C) groups is 2. The molecule has 0 aliphatic rings. The molecule has 2 N–H and O–H groups in total. The molecule has 1 heterocycles. The van der Waals surface area contributed by atoms with Gasteiger partial charge in [0.1, 0.15) is 12.0 Å². The van der Waals surface area contributed by atoms with Crippen LogP contribution in [0.2, 0.25) is 0 Å². The summed E-state index contributed by atoms with van der Waals surface area (Å²) in [6.07, 6.45) is 1.39. The van der Waals surface area contributed by atoms with Gasteiger partial charge in [0.2, 0.25) is 5.96 Å². The topological polar surface area (TPSA) is 104 Å². The molecule has 2 aromatic carbocycles. The van der Waals surface area contributed by atoms with Crippen molar-refractivity contribution < 1.29 is 22.7 Å². The summed E-state index contributed by atoms with van der Waals surface area (Å²) in [6, 6.07) is 9.87. The fourth-order valence-corrected chi connectivity index (χ4v) is 3.49. The van der Waals surface area contributed by atoms with Crippen LogP contribution in [0.1, 0.15) is 27.2 Å². The van der Waals surface area contributed by atoms with Crippen molar-refractivity contribution in [3.8, 4) is 0 Å². The molecule has 206 valence electrons. The lowest BCUT2D eigenvalue weighted by Gasteiger charge is -2.18. The quantitative estimate of drug-likeness (QED) is 0.263. The van der Waals surface area contributed by atoms with E-state index in [9.17, 15) is 18.0 Å². The van der Waals surface area contributed by atoms with Crippen LogP contribution in [-0.2, 0) is 10.7 Å². The number of methoxy groups -OCH3 is 1. The van der Waals surface area contributed by atoms with Gasteiger partial charge in [-0.3, -0.25) is 4.79 Å². The average Bonchev–Trinajstić information content (AvgIpc) is 2.92. The summed E-state index contributed by atoms with van der Waals surface area (Å²) in [4.78, 5) is 31.9. The molecule has 0 radical (unpaired) electrons. The lowest BCUT2D eigenvalue weighted by atomic mass is 10.1. The summed E-state index contributed by atoms with van der Waals surface area (Å²) < 4.78 is 45.4. The van der Waals surface area contributed by atoms with Gasteiger partial charge in [0.05, 0.1) is 12.3 Å². The van der Waals surface area contributed by atoms with Gasteiger partial charge in [-0.2, -0.15) is 8.78 Å². The Kier molecular flexibility index (Phi) is 9.72. The number of guanidine groups is 1. The molecule has 0 atom stereocenters. The zero-order valence-electron chi connectivity index (χ0n) is 22.1. The van der Waals surface area contributed by atoms with E-state index >= 15 is 0 Å². The summed E-state index contributed by atoms with van der Waals surface area (Å²) in [5.74, 6) is -3.45. The summed E-state index contributed by atoms with van der Waals surface area (Å²) in [5.41, 5.74) is 2.24. The molecule has 0 saturated carbocycles. The van der Waals surface area contributed by atoms with Gasteiger partial charge in [0.25, 0.3) is 5.91 Å². The van der Waals surface area contributed by atoms with Crippen LogP contribution in [0, 0.1) is 13.8 Å². The minimum atomic E-state index is -3.64. The second-order valence-corrected chi connectivity index (χ2v) is 8.67. The predicted molar refractivity (Wildman–Crippen MR) is 147 cm³/mol. The van der Waals surface area contributed by atoms with Gasteiger partial charge in [0.15, 0.2) is 12.5 Å². The Morgan fingerprint density at radius 3 is 2.64 bits per heavy atom. The lowest BCUT2D eigenvalue weighted by Crippen LogP contribution is -2.28. The van der Waals surface area contributed by atoms with E-state index in [1.807, 2.05) is 6.92 Å². The Labute approximate surface area is 224 Å². The number of hydrogen-bond acceptors (Lipinski definition) is 6. The van der Waals surface area contributed by atoms with Crippen molar-refractivity contribution in [3.63, 3.8) is 0 Å². The zero-order valence-corrected chi connectivity index (χ0v) is 22.1. The summed E-state index contributed by atoms with van der Waals surface area (Å²) in [5, 5.41) is 5.79. The van der Waals surface area contributed by atoms with Crippen LogP contribution < -0.4 is 10.6 Å². The predicted octanol–water partition coefficient (Wildman–Crippen LogP) is 5.42. The minimum Gasteiger partial charge on any atom is -0.383 e. The van der Waals surface area contributed by atoms with Crippen molar-refractivity contribution in [3.05, 3.63) is 71.2 Å². The fourth-order valence-electron chi connectivity index (χ4n) is 3.49. The molecule has 39 heavy (non-hydrogen) atoms. The molecule has 0 saturated heterocycles. The number of alkyl halides is 3. The number of ether oxygens (including phenoxy) is 1. The van der Waals surface area contributed by atoms with E-state index in [4.69, 9.17) is 4.74 Å². The van der Waals surface area contributed by atoms with Gasteiger partial charge in [-0.1, -0.05) is 18.2 Å². The van der Waals surface area contributed by atoms with E-state index in [2.05, 4.69) is 37.3 Å². The number of amides is 1. The number of nitrogens with one attached hydrogen (secondary N) is 2. The van der Waals surface area contributed by atoms with E-state index in [1.54, 1.807) is 44.2 Å². The highest BCUT2D eigenvalue weighted by Crippen LogP contribution is 2.32. The van der Waals surface area contributed by atoms with Crippen LogP contribution in [0.15, 0.2) is 58.8 Å². The molecule has 12 heteroatoms. The van der Waals surface area contributed by atoms with Gasteiger partial charge in [-0.05, 0) is 50.4 Å². The molecule has 3 aromatic rings. The molecule has 1 aromatic heterocycles. The van der Waals surface area contributed by atoms with Gasteiger partial charge in [-0.15, -0.1) is 0 Å². The third-order valence-electron chi connectivity index (χ3n) is 5.79. The molecule has 0 unspecified atom stereocenters. The first-order valence-electron chi connectivity index (χ1n) is 11.9. The highest BCUT2D eigenvalue weighted by Gasteiger charge is 2.31. The van der Waals surface area contributed by atoms with Crippen molar-refractivity contribution in [2.24, 2.45) is 9.98 Å². The van der Waals surface area contributed by atoms with Crippen molar-refractivity contribution >= 4 is 41.5 Å². The molecule has 0 aliphatic carbocycles. The van der Waals surface area contributed by atoms with Crippen LogP contribution in [0.25, 0.3) is 0 Å². The Morgan fingerprint density at radius 1 is 1.18 bits per heavy atom. The first kappa shape index (κ1) is 29.2. The molecule has 1 amide bonds. The number of nitrogens with zero attached hydrogens (tertiary/aromatic N) is 5. The molecular formula is C27H30F3N7O2. The van der Waals surface area contributed by atoms with E-state index in [0.29, 0.717) is 42.0 Å². The van der Waals surface area contributed by atoms with Crippen LogP contribution in [0.3, 0.4) is 0 Å².